The molecule has 14 heavy (non-hydrogen) atoms. The minimum absolute atomic E-state index is 0.189. The maximum atomic E-state index is 9.21. The van der Waals surface area contributed by atoms with Gasteiger partial charge in [-0.3, -0.25) is 0 Å². The third kappa shape index (κ3) is 4.94. The SMILES string of the molecule is CC(O)CC(C)NCC1CCNCC1. The molecule has 1 aliphatic heterocycles. The molecule has 0 aromatic rings. The summed E-state index contributed by atoms with van der Waals surface area (Å²) in [5.41, 5.74) is 0. The highest BCUT2D eigenvalue weighted by Crippen LogP contribution is 2.10. The van der Waals surface area contributed by atoms with Gasteiger partial charge in [0.1, 0.15) is 0 Å². The minimum Gasteiger partial charge on any atom is -0.393 e. The van der Waals surface area contributed by atoms with Crippen LogP contribution < -0.4 is 10.6 Å². The Labute approximate surface area is 87.3 Å². The van der Waals surface area contributed by atoms with Crippen LogP contribution in [0.5, 0.6) is 0 Å². The predicted molar refractivity (Wildman–Crippen MR) is 59.4 cm³/mol. The van der Waals surface area contributed by atoms with Crippen molar-refractivity contribution in [3.05, 3.63) is 0 Å². The third-order valence-electron chi connectivity index (χ3n) is 2.91. The van der Waals surface area contributed by atoms with E-state index in [1.807, 2.05) is 6.92 Å². The van der Waals surface area contributed by atoms with E-state index in [9.17, 15) is 5.11 Å². The van der Waals surface area contributed by atoms with E-state index in [-0.39, 0.29) is 6.10 Å². The molecule has 1 heterocycles. The molecule has 0 radical (unpaired) electrons. The molecule has 84 valence electrons. The third-order valence-corrected chi connectivity index (χ3v) is 2.91. The van der Waals surface area contributed by atoms with Gasteiger partial charge in [0.15, 0.2) is 0 Å². The van der Waals surface area contributed by atoms with Gasteiger partial charge in [0.25, 0.3) is 0 Å². The van der Waals surface area contributed by atoms with E-state index in [1.54, 1.807) is 0 Å². The Morgan fingerprint density at radius 1 is 1.36 bits per heavy atom. The highest BCUT2D eigenvalue weighted by molar-refractivity contribution is 4.73. The van der Waals surface area contributed by atoms with Crippen molar-refractivity contribution < 1.29 is 5.11 Å². The van der Waals surface area contributed by atoms with Crippen LogP contribution in [0.25, 0.3) is 0 Å². The van der Waals surface area contributed by atoms with E-state index < -0.39 is 0 Å². The van der Waals surface area contributed by atoms with E-state index in [0.29, 0.717) is 6.04 Å². The average molecular weight is 200 g/mol. The lowest BCUT2D eigenvalue weighted by atomic mass is 9.97. The first-order chi connectivity index (χ1) is 6.68. The Balaban J connectivity index is 2.06. The van der Waals surface area contributed by atoms with E-state index >= 15 is 0 Å². The second-order valence-corrected chi connectivity index (χ2v) is 4.59. The summed E-state index contributed by atoms with van der Waals surface area (Å²) in [5.74, 6) is 0.827. The van der Waals surface area contributed by atoms with Crippen LogP contribution in [0.2, 0.25) is 0 Å². The lowest BCUT2D eigenvalue weighted by Gasteiger charge is -2.25. The van der Waals surface area contributed by atoms with Gasteiger partial charge in [-0.2, -0.15) is 0 Å². The first-order valence-electron chi connectivity index (χ1n) is 5.80. The molecule has 1 fully saturated rings. The number of hydrogen-bond donors (Lipinski definition) is 3. The molecule has 0 bridgehead atoms. The fourth-order valence-electron chi connectivity index (χ4n) is 2.05. The zero-order valence-corrected chi connectivity index (χ0v) is 9.42. The predicted octanol–water partition coefficient (Wildman–Crippen LogP) is 0.735. The van der Waals surface area contributed by atoms with Crippen molar-refractivity contribution in [2.24, 2.45) is 5.92 Å². The van der Waals surface area contributed by atoms with Gasteiger partial charge < -0.3 is 15.7 Å². The Kier molecular flexibility index (Phi) is 5.45. The summed E-state index contributed by atoms with van der Waals surface area (Å²) >= 11 is 0. The number of aliphatic hydroxyl groups is 1. The number of piperidine rings is 1. The Hall–Kier alpha value is -0.120. The van der Waals surface area contributed by atoms with Crippen LogP contribution in [-0.2, 0) is 0 Å². The van der Waals surface area contributed by atoms with Crippen molar-refractivity contribution >= 4 is 0 Å². The largest absolute Gasteiger partial charge is 0.393 e. The number of hydrogen-bond acceptors (Lipinski definition) is 3. The normalized spacial score (nSPS) is 23.4. The summed E-state index contributed by atoms with van der Waals surface area (Å²) in [4.78, 5) is 0. The Bertz CT molecular complexity index is 144. The second kappa shape index (κ2) is 6.38. The van der Waals surface area contributed by atoms with Crippen molar-refractivity contribution in [3.8, 4) is 0 Å². The smallest absolute Gasteiger partial charge is 0.0526 e. The molecule has 0 saturated carbocycles. The topological polar surface area (TPSA) is 44.3 Å². The van der Waals surface area contributed by atoms with Crippen molar-refractivity contribution in [1.29, 1.82) is 0 Å². The van der Waals surface area contributed by atoms with Gasteiger partial charge >= 0.3 is 0 Å². The van der Waals surface area contributed by atoms with Gasteiger partial charge in [0, 0.05) is 6.04 Å². The fraction of sp³-hybridized carbons (Fsp3) is 1.00. The molecule has 0 amide bonds. The Morgan fingerprint density at radius 2 is 2.00 bits per heavy atom. The maximum Gasteiger partial charge on any atom is 0.0526 e. The van der Waals surface area contributed by atoms with E-state index in [1.165, 1.54) is 12.8 Å². The molecule has 1 aliphatic rings. The van der Waals surface area contributed by atoms with Crippen molar-refractivity contribution in [2.45, 2.75) is 45.3 Å². The number of rotatable bonds is 5. The summed E-state index contributed by atoms with van der Waals surface area (Å²) in [6, 6.07) is 0.435. The summed E-state index contributed by atoms with van der Waals surface area (Å²) < 4.78 is 0. The molecule has 0 spiro atoms. The van der Waals surface area contributed by atoms with Gasteiger partial charge in [-0.15, -0.1) is 0 Å². The maximum absolute atomic E-state index is 9.21. The Morgan fingerprint density at radius 3 is 2.57 bits per heavy atom. The number of nitrogens with one attached hydrogen (secondary N) is 2. The van der Waals surface area contributed by atoms with Crippen molar-refractivity contribution in [2.75, 3.05) is 19.6 Å². The highest BCUT2D eigenvalue weighted by atomic mass is 16.3. The van der Waals surface area contributed by atoms with Crippen LogP contribution >= 0.6 is 0 Å². The lowest BCUT2D eigenvalue weighted by molar-refractivity contribution is 0.168. The number of aliphatic hydroxyl groups excluding tert-OH is 1. The van der Waals surface area contributed by atoms with Crippen molar-refractivity contribution in [3.63, 3.8) is 0 Å². The minimum atomic E-state index is -0.189. The van der Waals surface area contributed by atoms with E-state index in [2.05, 4.69) is 17.6 Å². The second-order valence-electron chi connectivity index (χ2n) is 4.59. The molecule has 0 aliphatic carbocycles. The summed E-state index contributed by atoms with van der Waals surface area (Å²) in [6.07, 6.45) is 3.24. The molecular formula is C11H24N2O. The van der Waals surface area contributed by atoms with Crippen LogP contribution in [-0.4, -0.2) is 36.9 Å². The van der Waals surface area contributed by atoms with Gasteiger partial charge in [-0.25, -0.2) is 0 Å². The summed E-state index contributed by atoms with van der Waals surface area (Å²) in [7, 11) is 0. The first kappa shape index (κ1) is 12.0. The van der Waals surface area contributed by atoms with Crippen LogP contribution in [0.4, 0.5) is 0 Å². The van der Waals surface area contributed by atoms with E-state index in [0.717, 1.165) is 32.0 Å². The fourth-order valence-corrected chi connectivity index (χ4v) is 2.05. The molecule has 2 unspecified atom stereocenters. The van der Waals surface area contributed by atoms with Gasteiger partial charge in [-0.1, -0.05) is 0 Å². The zero-order valence-electron chi connectivity index (χ0n) is 9.42. The first-order valence-corrected chi connectivity index (χ1v) is 5.80. The van der Waals surface area contributed by atoms with Gasteiger partial charge in [0.05, 0.1) is 6.10 Å². The zero-order chi connectivity index (χ0) is 10.4. The lowest BCUT2D eigenvalue weighted by Crippen LogP contribution is -2.37. The average Bonchev–Trinajstić information content (AvgIpc) is 2.15. The standard InChI is InChI=1S/C11H24N2O/c1-9(7-10(2)14)13-8-11-3-5-12-6-4-11/h9-14H,3-8H2,1-2H3. The van der Waals surface area contributed by atoms with Crippen LogP contribution in [0.1, 0.15) is 33.1 Å². The molecule has 2 atom stereocenters. The van der Waals surface area contributed by atoms with Crippen LogP contribution in [0.3, 0.4) is 0 Å². The highest BCUT2D eigenvalue weighted by Gasteiger charge is 2.14. The summed E-state index contributed by atoms with van der Waals surface area (Å²) in [5, 5.41) is 16.1. The molecule has 1 saturated heterocycles. The molecular weight excluding hydrogens is 176 g/mol. The van der Waals surface area contributed by atoms with Crippen molar-refractivity contribution in [1.82, 2.24) is 10.6 Å². The van der Waals surface area contributed by atoms with Gasteiger partial charge in [-0.05, 0) is 58.7 Å². The van der Waals surface area contributed by atoms with Crippen LogP contribution in [0, 0.1) is 5.92 Å². The molecule has 0 aromatic heterocycles. The molecule has 3 heteroatoms. The van der Waals surface area contributed by atoms with Gasteiger partial charge in [0.2, 0.25) is 0 Å². The summed E-state index contributed by atoms with van der Waals surface area (Å²) in [6.45, 7) is 7.43. The van der Waals surface area contributed by atoms with E-state index in [4.69, 9.17) is 0 Å². The monoisotopic (exact) mass is 200 g/mol. The molecule has 3 N–H and O–H groups in total. The quantitative estimate of drug-likeness (QED) is 0.613. The molecule has 1 rings (SSSR count). The molecule has 0 aromatic carbocycles. The molecule has 3 nitrogen and oxygen atoms in total. The van der Waals surface area contributed by atoms with Crippen LogP contribution in [0.15, 0.2) is 0 Å².